The number of fused-ring (bicyclic) bond motifs is 1. The van der Waals surface area contributed by atoms with Gasteiger partial charge in [0, 0.05) is 12.6 Å². The van der Waals surface area contributed by atoms with Crippen molar-refractivity contribution in [2.45, 2.75) is 13.5 Å². The van der Waals surface area contributed by atoms with E-state index in [0.717, 1.165) is 23.3 Å². The van der Waals surface area contributed by atoms with Crippen molar-refractivity contribution in [3.63, 3.8) is 0 Å². The topological polar surface area (TPSA) is 92.0 Å². The van der Waals surface area contributed by atoms with Crippen molar-refractivity contribution >= 4 is 16.9 Å². The third-order valence-corrected chi connectivity index (χ3v) is 3.00. The fourth-order valence-electron chi connectivity index (χ4n) is 2.08. The van der Waals surface area contributed by atoms with Crippen molar-refractivity contribution in [1.82, 2.24) is 19.9 Å². The first-order valence-corrected chi connectivity index (χ1v) is 5.87. The van der Waals surface area contributed by atoms with Crippen LogP contribution in [-0.2, 0) is 6.54 Å². The fraction of sp³-hybridized carbons (Fsp3) is 0.250. The SMILES string of the molecule is CCn1c(-c2nonc2N)nc2ccc(OC)cc21. The average Bonchev–Trinajstić information content (AvgIpc) is 3.00. The van der Waals surface area contributed by atoms with Crippen molar-refractivity contribution in [2.75, 3.05) is 12.8 Å². The van der Waals surface area contributed by atoms with Gasteiger partial charge < -0.3 is 15.0 Å². The lowest BCUT2D eigenvalue weighted by molar-refractivity contribution is 0.310. The zero-order chi connectivity index (χ0) is 13.4. The summed E-state index contributed by atoms with van der Waals surface area (Å²) in [7, 11) is 1.63. The van der Waals surface area contributed by atoms with Crippen LogP contribution in [0.5, 0.6) is 5.75 Å². The Bertz CT molecular complexity index is 731. The van der Waals surface area contributed by atoms with Gasteiger partial charge in [-0.2, -0.15) is 0 Å². The van der Waals surface area contributed by atoms with Crippen molar-refractivity contribution in [3.8, 4) is 17.3 Å². The number of methoxy groups -OCH3 is 1. The molecule has 0 aliphatic heterocycles. The molecule has 2 N–H and O–H groups in total. The van der Waals surface area contributed by atoms with Gasteiger partial charge in [0.2, 0.25) is 0 Å². The molecule has 19 heavy (non-hydrogen) atoms. The van der Waals surface area contributed by atoms with Crippen molar-refractivity contribution in [3.05, 3.63) is 18.2 Å². The van der Waals surface area contributed by atoms with E-state index in [2.05, 4.69) is 19.9 Å². The number of nitrogens with two attached hydrogens (primary N) is 1. The van der Waals surface area contributed by atoms with Crippen LogP contribution in [0, 0.1) is 0 Å². The Morgan fingerprint density at radius 2 is 2.21 bits per heavy atom. The normalized spacial score (nSPS) is 11.1. The zero-order valence-corrected chi connectivity index (χ0v) is 10.6. The number of anilines is 1. The number of nitrogen functional groups attached to an aromatic ring is 1. The molecule has 2 aromatic heterocycles. The average molecular weight is 259 g/mol. The molecular formula is C12H13N5O2. The smallest absolute Gasteiger partial charge is 0.199 e. The second-order valence-corrected chi connectivity index (χ2v) is 4.03. The highest BCUT2D eigenvalue weighted by atomic mass is 16.6. The Hall–Kier alpha value is -2.57. The highest BCUT2D eigenvalue weighted by Crippen LogP contribution is 2.28. The van der Waals surface area contributed by atoms with Gasteiger partial charge in [0.15, 0.2) is 17.3 Å². The molecule has 0 saturated heterocycles. The van der Waals surface area contributed by atoms with E-state index in [1.54, 1.807) is 7.11 Å². The summed E-state index contributed by atoms with van der Waals surface area (Å²) in [5.74, 6) is 1.65. The number of nitrogens with zero attached hydrogens (tertiary/aromatic N) is 4. The second-order valence-electron chi connectivity index (χ2n) is 4.03. The molecule has 2 heterocycles. The third kappa shape index (κ3) is 1.70. The Labute approximate surface area is 108 Å². The lowest BCUT2D eigenvalue weighted by Crippen LogP contribution is -2.00. The Kier molecular flexibility index (Phi) is 2.59. The van der Waals surface area contributed by atoms with Crippen LogP contribution in [0.2, 0.25) is 0 Å². The Morgan fingerprint density at radius 3 is 2.84 bits per heavy atom. The van der Waals surface area contributed by atoms with Crippen LogP contribution in [0.4, 0.5) is 5.82 Å². The Balaban J connectivity index is 2.28. The van der Waals surface area contributed by atoms with Crippen molar-refractivity contribution < 1.29 is 9.37 Å². The molecule has 0 aliphatic carbocycles. The van der Waals surface area contributed by atoms with Crippen LogP contribution in [0.1, 0.15) is 6.92 Å². The first kappa shape index (κ1) is 11.5. The van der Waals surface area contributed by atoms with E-state index in [1.165, 1.54) is 0 Å². The minimum Gasteiger partial charge on any atom is -0.497 e. The molecule has 0 bridgehead atoms. The highest BCUT2D eigenvalue weighted by molar-refractivity contribution is 5.82. The standard InChI is InChI=1S/C12H13N5O2/c1-3-17-9-6-7(18-2)4-5-8(9)14-12(17)10-11(13)16-19-15-10/h4-6H,3H2,1-2H3,(H2,13,16). The van der Waals surface area contributed by atoms with Gasteiger partial charge in [-0.05, 0) is 29.4 Å². The molecule has 98 valence electrons. The third-order valence-electron chi connectivity index (χ3n) is 3.00. The van der Waals surface area contributed by atoms with E-state index >= 15 is 0 Å². The number of imidazole rings is 1. The molecule has 0 amide bonds. The van der Waals surface area contributed by atoms with Crippen molar-refractivity contribution in [1.29, 1.82) is 0 Å². The Morgan fingerprint density at radius 1 is 1.37 bits per heavy atom. The van der Waals surface area contributed by atoms with Crippen molar-refractivity contribution in [2.24, 2.45) is 0 Å². The molecule has 0 atom stereocenters. The summed E-state index contributed by atoms with van der Waals surface area (Å²) in [6.07, 6.45) is 0. The van der Waals surface area contributed by atoms with Gasteiger partial charge in [-0.25, -0.2) is 9.61 Å². The van der Waals surface area contributed by atoms with E-state index in [9.17, 15) is 0 Å². The molecule has 0 saturated carbocycles. The van der Waals surface area contributed by atoms with E-state index in [1.807, 2.05) is 29.7 Å². The number of aryl methyl sites for hydroxylation is 1. The molecule has 3 aromatic rings. The fourth-order valence-corrected chi connectivity index (χ4v) is 2.08. The number of ether oxygens (including phenoxy) is 1. The predicted molar refractivity (Wildman–Crippen MR) is 69.7 cm³/mol. The zero-order valence-electron chi connectivity index (χ0n) is 10.6. The molecule has 3 rings (SSSR count). The van der Waals surface area contributed by atoms with Crippen LogP contribution in [0.25, 0.3) is 22.6 Å². The molecule has 0 radical (unpaired) electrons. The first-order chi connectivity index (χ1) is 9.24. The van der Waals surface area contributed by atoms with Crippen LogP contribution in [0.15, 0.2) is 22.8 Å². The maximum Gasteiger partial charge on any atom is 0.199 e. The van der Waals surface area contributed by atoms with Gasteiger partial charge >= 0.3 is 0 Å². The quantitative estimate of drug-likeness (QED) is 0.769. The minimum absolute atomic E-state index is 0.233. The van der Waals surface area contributed by atoms with Crippen LogP contribution in [0.3, 0.4) is 0 Å². The minimum atomic E-state index is 0.233. The summed E-state index contributed by atoms with van der Waals surface area (Å²) < 4.78 is 11.9. The van der Waals surface area contributed by atoms with Crippen LogP contribution in [-0.4, -0.2) is 27.0 Å². The largest absolute Gasteiger partial charge is 0.497 e. The van der Waals surface area contributed by atoms with Gasteiger partial charge in [0.25, 0.3) is 0 Å². The molecule has 0 unspecified atom stereocenters. The van der Waals surface area contributed by atoms with Gasteiger partial charge in [-0.3, -0.25) is 0 Å². The number of benzene rings is 1. The van der Waals surface area contributed by atoms with Crippen LogP contribution < -0.4 is 10.5 Å². The summed E-state index contributed by atoms with van der Waals surface area (Å²) in [6, 6.07) is 5.69. The predicted octanol–water partition coefficient (Wildman–Crippen LogP) is 1.70. The van der Waals surface area contributed by atoms with Gasteiger partial charge in [0.05, 0.1) is 18.1 Å². The number of aromatic nitrogens is 4. The summed E-state index contributed by atoms with van der Waals surface area (Å²) in [5.41, 5.74) is 7.99. The van der Waals surface area contributed by atoms with Gasteiger partial charge in [0.1, 0.15) is 5.75 Å². The summed E-state index contributed by atoms with van der Waals surface area (Å²) >= 11 is 0. The summed E-state index contributed by atoms with van der Waals surface area (Å²) in [6.45, 7) is 2.75. The monoisotopic (exact) mass is 259 g/mol. The number of hydrogen-bond donors (Lipinski definition) is 1. The molecule has 0 spiro atoms. The van der Waals surface area contributed by atoms with E-state index in [0.29, 0.717) is 11.5 Å². The maximum absolute atomic E-state index is 5.73. The number of rotatable bonds is 3. The molecular weight excluding hydrogens is 246 g/mol. The first-order valence-electron chi connectivity index (χ1n) is 5.87. The molecule has 7 heteroatoms. The molecule has 0 fully saturated rings. The van der Waals surface area contributed by atoms with Gasteiger partial charge in [-0.15, -0.1) is 0 Å². The van der Waals surface area contributed by atoms with E-state index < -0.39 is 0 Å². The lowest BCUT2D eigenvalue weighted by Gasteiger charge is -2.04. The number of hydrogen-bond acceptors (Lipinski definition) is 6. The van der Waals surface area contributed by atoms with Gasteiger partial charge in [-0.1, -0.05) is 0 Å². The van der Waals surface area contributed by atoms with E-state index in [-0.39, 0.29) is 5.82 Å². The summed E-state index contributed by atoms with van der Waals surface area (Å²) in [4.78, 5) is 4.53. The molecule has 0 aliphatic rings. The summed E-state index contributed by atoms with van der Waals surface area (Å²) in [5, 5.41) is 7.39. The lowest BCUT2D eigenvalue weighted by atomic mass is 10.3. The molecule has 1 aromatic carbocycles. The second kappa shape index (κ2) is 4.27. The van der Waals surface area contributed by atoms with Crippen LogP contribution >= 0.6 is 0 Å². The van der Waals surface area contributed by atoms with E-state index in [4.69, 9.17) is 10.5 Å². The molecule has 7 nitrogen and oxygen atoms in total. The maximum atomic E-state index is 5.73. The highest BCUT2D eigenvalue weighted by Gasteiger charge is 2.18.